The van der Waals surface area contributed by atoms with Gasteiger partial charge in [0.25, 0.3) is 6.43 Å². The van der Waals surface area contributed by atoms with Crippen molar-refractivity contribution in [1.82, 2.24) is 4.98 Å². The minimum absolute atomic E-state index is 0.102. The second kappa shape index (κ2) is 4.61. The third-order valence-corrected chi connectivity index (χ3v) is 2.21. The average molecular weight is 284 g/mol. The second-order valence-corrected chi connectivity index (χ2v) is 3.53. The van der Waals surface area contributed by atoms with Gasteiger partial charge in [0.2, 0.25) is 5.95 Å². The molecule has 0 fully saturated rings. The van der Waals surface area contributed by atoms with Gasteiger partial charge in [-0.3, -0.25) is 4.79 Å². The number of carboxylic acid groups (broad SMARTS) is 1. The summed E-state index contributed by atoms with van der Waals surface area (Å²) in [5.74, 6) is -2.44. The van der Waals surface area contributed by atoms with Gasteiger partial charge in [0.15, 0.2) is 0 Å². The quantitative estimate of drug-likeness (QED) is 0.868. The summed E-state index contributed by atoms with van der Waals surface area (Å²) in [6.45, 7) is 0. The smallest absolute Gasteiger partial charge is 0.307 e. The maximum absolute atomic E-state index is 13.0. The van der Waals surface area contributed by atoms with Crippen LogP contribution in [-0.2, 0) is 11.2 Å². The highest BCUT2D eigenvalue weighted by atomic mass is 79.9. The van der Waals surface area contributed by atoms with Crippen LogP contribution in [0.2, 0.25) is 0 Å². The van der Waals surface area contributed by atoms with Crippen LogP contribution in [0.5, 0.6) is 0 Å². The summed E-state index contributed by atoms with van der Waals surface area (Å²) in [5.41, 5.74) is -0.972. The van der Waals surface area contributed by atoms with Gasteiger partial charge in [-0.1, -0.05) is 0 Å². The highest BCUT2D eigenvalue weighted by Gasteiger charge is 2.18. The highest BCUT2D eigenvalue weighted by molar-refractivity contribution is 9.10. The number of nitrogens with zero attached hydrogens (tertiary/aromatic N) is 1. The molecule has 82 valence electrons. The highest BCUT2D eigenvalue weighted by Crippen LogP contribution is 2.27. The van der Waals surface area contributed by atoms with Crippen molar-refractivity contribution < 1.29 is 23.1 Å². The fourth-order valence-corrected chi connectivity index (χ4v) is 1.50. The molecule has 0 bridgehead atoms. The molecule has 0 saturated heterocycles. The van der Waals surface area contributed by atoms with Gasteiger partial charge in [0.1, 0.15) is 5.69 Å². The molecule has 0 aliphatic heterocycles. The Balaban J connectivity index is 3.13. The zero-order valence-corrected chi connectivity index (χ0v) is 8.76. The van der Waals surface area contributed by atoms with E-state index >= 15 is 0 Å². The summed E-state index contributed by atoms with van der Waals surface area (Å²) in [6, 6.07) is 0.998. The number of hydrogen-bond donors (Lipinski definition) is 1. The van der Waals surface area contributed by atoms with E-state index in [4.69, 9.17) is 5.11 Å². The second-order valence-electron chi connectivity index (χ2n) is 2.68. The lowest BCUT2D eigenvalue weighted by molar-refractivity contribution is -0.136. The summed E-state index contributed by atoms with van der Waals surface area (Å²) >= 11 is 2.77. The van der Waals surface area contributed by atoms with Crippen LogP contribution in [0.3, 0.4) is 0 Å². The molecule has 1 heterocycles. The zero-order valence-electron chi connectivity index (χ0n) is 7.18. The molecule has 3 nitrogen and oxygen atoms in total. The average Bonchev–Trinajstić information content (AvgIpc) is 2.09. The van der Waals surface area contributed by atoms with Crippen molar-refractivity contribution >= 4 is 21.9 Å². The van der Waals surface area contributed by atoms with Crippen LogP contribution >= 0.6 is 15.9 Å². The first-order chi connectivity index (χ1) is 6.91. The van der Waals surface area contributed by atoms with Crippen LogP contribution in [-0.4, -0.2) is 16.1 Å². The fraction of sp³-hybridized carbons (Fsp3) is 0.250. The molecule has 1 N–H and O–H groups in total. The lowest BCUT2D eigenvalue weighted by Crippen LogP contribution is -2.06. The number of hydrogen-bond acceptors (Lipinski definition) is 2. The van der Waals surface area contributed by atoms with Gasteiger partial charge in [-0.05, 0) is 22.0 Å². The molecule has 15 heavy (non-hydrogen) atoms. The van der Waals surface area contributed by atoms with E-state index in [0.29, 0.717) is 0 Å². The van der Waals surface area contributed by atoms with Gasteiger partial charge in [0.05, 0.1) is 6.42 Å². The molecule has 0 unspecified atom stereocenters. The van der Waals surface area contributed by atoms with Crippen molar-refractivity contribution in [2.45, 2.75) is 12.8 Å². The van der Waals surface area contributed by atoms with E-state index in [1.165, 1.54) is 0 Å². The van der Waals surface area contributed by atoms with Crippen molar-refractivity contribution in [2.24, 2.45) is 0 Å². The lowest BCUT2D eigenvalue weighted by atomic mass is 10.2. The van der Waals surface area contributed by atoms with E-state index in [1.807, 2.05) is 0 Å². The molecule has 0 aliphatic carbocycles. The van der Waals surface area contributed by atoms with Gasteiger partial charge in [-0.2, -0.15) is 4.39 Å². The first kappa shape index (κ1) is 12.0. The Hall–Kier alpha value is -1.11. The Bertz CT molecular complexity index is 398. The molecule has 7 heteroatoms. The molecule has 0 aliphatic rings. The van der Waals surface area contributed by atoms with E-state index in [0.717, 1.165) is 6.07 Å². The van der Waals surface area contributed by atoms with Crippen molar-refractivity contribution in [3.05, 3.63) is 27.7 Å². The maximum atomic E-state index is 13.0. The van der Waals surface area contributed by atoms with Crippen LogP contribution in [0.1, 0.15) is 17.7 Å². The number of carbonyl (C=O) groups is 1. The molecule has 1 aromatic heterocycles. The van der Waals surface area contributed by atoms with Gasteiger partial charge >= 0.3 is 5.97 Å². The Kier molecular flexibility index (Phi) is 3.67. The Morgan fingerprint density at radius 3 is 2.67 bits per heavy atom. The number of aliphatic carboxylic acids is 1. The van der Waals surface area contributed by atoms with Gasteiger partial charge in [-0.25, -0.2) is 13.8 Å². The van der Waals surface area contributed by atoms with Crippen LogP contribution in [0, 0.1) is 5.95 Å². The molecule has 0 aromatic carbocycles. The largest absolute Gasteiger partial charge is 0.481 e. The van der Waals surface area contributed by atoms with E-state index in [9.17, 15) is 18.0 Å². The Labute approximate surface area is 91.1 Å². The summed E-state index contributed by atoms with van der Waals surface area (Å²) in [4.78, 5) is 13.3. The number of aromatic nitrogens is 1. The monoisotopic (exact) mass is 283 g/mol. The summed E-state index contributed by atoms with van der Waals surface area (Å²) in [6.07, 6.45) is -3.51. The van der Waals surface area contributed by atoms with Gasteiger partial charge in [0, 0.05) is 10.0 Å². The molecular weight excluding hydrogens is 279 g/mol. The van der Waals surface area contributed by atoms with Gasteiger partial charge in [-0.15, -0.1) is 0 Å². The number of alkyl halides is 2. The van der Waals surface area contributed by atoms with Crippen LogP contribution in [0.4, 0.5) is 13.2 Å². The number of pyridine rings is 1. The number of carboxylic acids is 1. The predicted molar refractivity (Wildman–Crippen MR) is 48.2 cm³/mol. The first-order valence-corrected chi connectivity index (χ1v) is 4.56. The molecule has 0 saturated carbocycles. The topological polar surface area (TPSA) is 50.2 Å². The minimum atomic E-state index is -2.91. The van der Waals surface area contributed by atoms with E-state index in [2.05, 4.69) is 20.9 Å². The molecule has 1 rings (SSSR count). The van der Waals surface area contributed by atoms with Crippen molar-refractivity contribution in [1.29, 1.82) is 0 Å². The van der Waals surface area contributed by atoms with E-state index < -0.39 is 30.5 Å². The van der Waals surface area contributed by atoms with Crippen molar-refractivity contribution in [2.75, 3.05) is 0 Å². The van der Waals surface area contributed by atoms with Crippen molar-refractivity contribution in [3.8, 4) is 0 Å². The minimum Gasteiger partial charge on any atom is -0.481 e. The summed E-state index contributed by atoms with van der Waals surface area (Å²) < 4.78 is 37.4. The van der Waals surface area contributed by atoms with E-state index in [-0.39, 0.29) is 10.0 Å². The third-order valence-electron chi connectivity index (χ3n) is 1.58. The summed E-state index contributed by atoms with van der Waals surface area (Å²) in [7, 11) is 0. The summed E-state index contributed by atoms with van der Waals surface area (Å²) in [5, 5.41) is 8.40. The Morgan fingerprint density at radius 1 is 1.60 bits per heavy atom. The van der Waals surface area contributed by atoms with Crippen LogP contribution in [0.25, 0.3) is 0 Å². The predicted octanol–water partition coefficient (Wildman–Crippen LogP) is 2.55. The third kappa shape index (κ3) is 2.92. The lowest BCUT2D eigenvalue weighted by Gasteiger charge is -2.05. The van der Waals surface area contributed by atoms with Gasteiger partial charge < -0.3 is 5.11 Å². The normalized spacial score (nSPS) is 10.7. The molecule has 0 amide bonds. The van der Waals surface area contributed by atoms with Crippen molar-refractivity contribution in [3.63, 3.8) is 0 Å². The number of halogens is 4. The molecular formula is C8H5BrF3NO2. The first-order valence-electron chi connectivity index (χ1n) is 3.76. The standard InChI is InChI=1S/C8H5BrF3NO2/c9-4-1-3(2-5(14)15)8(12)13-6(4)7(10)11/h1,7H,2H2,(H,14,15). The molecule has 0 radical (unpaired) electrons. The molecule has 0 atom stereocenters. The fourth-order valence-electron chi connectivity index (χ4n) is 0.957. The van der Waals surface area contributed by atoms with Crippen LogP contribution < -0.4 is 0 Å². The molecule has 0 spiro atoms. The number of rotatable bonds is 3. The van der Waals surface area contributed by atoms with E-state index in [1.54, 1.807) is 0 Å². The maximum Gasteiger partial charge on any atom is 0.307 e. The Morgan fingerprint density at radius 2 is 2.20 bits per heavy atom. The SMILES string of the molecule is O=C(O)Cc1cc(Br)c(C(F)F)nc1F. The van der Waals surface area contributed by atoms with Crippen LogP contribution in [0.15, 0.2) is 10.5 Å². The molecule has 1 aromatic rings. The zero-order chi connectivity index (χ0) is 11.6.